The van der Waals surface area contributed by atoms with Gasteiger partial charge in [0.1, 0.15) is 5.82 Å². The van der Waals surface area contributed by atoms with Crippen LogP contribution in [0.15, 0.2) is 34.9 Å². The zero-order valence-electron chi connectivity index (χ0n) is 8.55. The summed E-state index contributed by atoms with van der Waals surface area (Å²) in [6.07, 6.45) is 1.57. The van der Waals surface area contributed by atoms with Gasteiger partial charge in [-0.25, -0.2) is 4.98 Å². The average molecular weight is 424 g/mol. The fourth-order valence-corrected chi connectivity index (χ4v) is 2.32. The van der Waals surface area contributed by atoms with Crippen molar-refractivity contribution in [1.82, 2.24) is 4.98 Å². The van der Waals surface area contributed by atoms with Gasteiger partial charge in [0.25, 0.3) is 0 Å². The molecule has 0 aliphatic rings. The highest BCUT2D eigenvalue weighted by Gasteiger charge is 2.06. The zero-order valence-corrected chi connectivity index (χ0v) is 13.0. The molecule has 0 saturated heterocycles. The van der Waals surface area contributed by atoms with Crippen LogP contribution < -0.4 is 11.1 Å². The first-order valence-corrected chi connectivity index (χ1v) is 6.94. The number of halogens is 3. The molecule has 2 aromatic rings. The van der Waals surface area contributed by atoms with E-state index in [1.807, 2.05) is 18.2 Å². The molecule has 0 bridgehead atoms. The summed E-state index contributed by atoms with van der Waals surface area (Å²) in [5.74, 6) is 0.594. The molecule has 0 radical (unpaired) electrons. The van der Waals surface area contributed by atoms with Gasteiger partial charge >= 0.3 is 0 Å². The van der Waals surface area contributed by atoms with E-state index < -0.39 is 0 Å². The number of aromatic nitrogens is 1. The van der Waals surface area contributed by atoms with E-state index in [-0.39, 0.29) is 0 Å². The molecule has 0 amide bonds. The van der Waals surface area contributed by atoms with Crippen molar-refractivity contribution in [3.8, 4) is 0 Å². The number of nitrogens with zero attached hydrogens (tertiary/aromatic N) is 1. The van der Waals surface area contributed by atoms with E-state index in [0.29, 0.717) is 16.5 Å². The van der Waals surface area contributed by atoms with Gasteiger partial charge in [-0.05, 0) is 46.9 Å². The molecule has 0 aliphatic carbocycles. The molecule has 0 unspecified atom stereocenters. The van der Waals surface area contributed by atoms with E-state index in [0.717, 1.165) is 13.7 Å². The second-order valence-electron chi connectivity index (χ2n) is 3.35. The lowest BCUT2D eigenvalue weighted by Gasteiger charge is -2.10. The lowest BCUT2D eigenvalue weighted by atomic mass is 10.3. The van der Waals surface area contributed by atoms with Crippen LogP contribution in [0.4, 0.5) is 17.2 Å². The van der Waals surface area contributed by atoms with Crippen molar-refractivity contribution >= 4 is 67.3 Å². The third-order valence-corrected chi connectivity index (χ3v) is 3.77. The number of nitrogens with two attached hydrogens (primary N) is 1. The van der Waals surface area contributed by atoms with Gasteiger partial charge in [-0.3, -0.25) is 0 Å². The number of benzene rings is 1. The largest absolute Gasteiger partial charge is 0.397 e. The molecule has 88 valence electrons. The van der Waals surface area contributed by atoms with Gasteiger partial charge in [0.2, 0.25) is 0 Å². The van der Waals surface area contributed by atoms with Crippen LogP contribution in [0.25, 0.3) is 0 Å². The molecule has 0 atom stereocenters. The maximum Gasteiger partial charge on any atom is 0.149 e. The summed E-state index contributed by atoms with van der Waals surface area (Å²) >= 11 is 11.7. The molecule has 3 N–H and O–H groups in total. The number of anilines is 3. The Morgan fingerprint density at radius 2 is 2.12 bits per heavy atom. The molecule has 0 fully saturated rings. The number of rotatable bonds is 2. The number of nitrogens with one attached hydrogen (secondary N) is 1. The van der Waals surface area contributed by atoms with Gasteiger partial charge in [0.15, 0.2) is 0 Å². The zero-order chi connectivity index (χ0) is 12.4. The summed E-state index contributed by atoms with van der Waals surface area (Å²) < 4.78 is 2.08. The number of pyridine rings is 1. The number of hydrogen-bond donors (Lipinski definition) is 2. The van der Waals surface area contributed by atoms with E-state index in [4.69, 9.17) is 17.3 Å². The number of nitrogen functional groups attached to an aromatic ring is 1. The van der Waals surface area contributed by atoms with Crippen LogP contribution in [0.2, 0.25) is 5.02 Å². The monoisotopic (exact) mass is 423 g/mol. The molecule has 6 heteroatoms. The molecule has 1 heterocycles. The standard InChI is InChI=1S/C11H8BrClIN3/c12-6-1-2-9(14)10(3-6)17-11-8(13)4-7(15)5-16-11/h1-5H,15H2,(H,16,17). The second kappa shape index (κ2) is 5.41. The predicted molar refractivity (Wildman–Crippen MR) is 83.8 cm³/mol. The molecule has 0 aliphatic heterocycles. The predicted octanol–water partition coefficient (Wildman–Crippen LogP) is 4.43. The van der Waals surface area contributed by atoms with Crippen molar-refractivity contribution in [3.63, 3.8) is 0 Å². The quantitative estimate of drug-likeness (QED) is 0.702. The Morgan fingerprint density at radius 1 is 1.35 bits per heavy atom. The fourth-order valence-electron chi connectivity index (χ4n) is 1.27. The van der Waals surface area contributed by atoms with Gasteiger partial charge in [-0.15, -0.1) is 0 Å². The van der Waals surface area contributed by atoms with Gasteiger partial charge in [-0.2, -0.15) is 0 Å². The number of hydrogen-bond acceptors (Lipinski definition) is 3. The molecular weight excluding hydrogens is 416 g/mol. The Kier molecular flexibility index (Phi) is 4.11. The minimum Gasteiger partial charge on any atom is -0.397 e. The molecule has 1 aromatic heterocycles. The Balaban J connectivity index is 2.34. The van der Waals surface area contributed by atoms with Crippen LogP contribution in [0, 0.1) is 3.57 Å². The van der Waals surface area contributed by atoms with Crippen LogP contribution in [0.1, 0.15) is 0 Å². The second-order valence-corrected chi connectivity index (χ2v) is 5.83. The minimum atomic E-state index is 0.501. The fraction of sp³-hybridized carbons (Fsp3) is 0. The first-order chi connectivity index (χ1) is 8.06. The molecule has 0 saturated carbocycles. The molecule has 3 nitrogen and oxygen atoms in total. The SMILES string of the molecule is Nc1cnc(Nc2cc(Br)ccc2I)c(Cl)c1. The first kappa shape index (κ1) is 12.9. The van der Waals surface area contributed by atoms with Crippen LogP contribution in [0.3, 0.4) is 0 Å². The van der Waals surface area contributed by atoms with Crippen molar-refractivity contribution < 1.29 is 0 Å². The molecular formula is C11H8BrClIN3. The Labute approximate surface area is 126 Å². The third-order valence-electron chi connectivity index (χ3n) is 2.04. The Bertz CT molecular complexity index is 562. The maximum atomic E-state index is 6.05. The third kappa shape index (κ3) is 3.23. The van der Waals surface area contributed by atoms with Gasteiger partial charge in [-0.1, -0.05) is 27.5 Å². The van der Waals surface area contributed by atoms with Crippen LogP contribution >= 0.6 is 50.1 Å². The first-order valence-electron chi connectivity index (χ1n) is 4.69. The molecule has 17 heavy (non-hydrogen) atoms. The van der Waals surface area contributed by atoms with Crippen molar-refractivity contribution in [3.05, 3.63) is 43.5 Å². The van der Waals surface area contributed by atoms with E-state index >= 15 is 0 Å². The Hall–Kier alpha value is -0.530. The van der Waals surface area contributed by atoms with E-state index in [2.05, 4.69) is 48.8 Å². The molecule has 1 aromatic carbocycles. The maximum absolute atomic E-state index is 6.05. The highest BCUT2D eigenvalue weighted by molar-refractivity contribution is 14.1. The Morgan fingerprint density at radius 3 is 2.82 bits per heavy atom. The lowest BCUT2D eigenvalue weighted by Crippen LogP contribution is -1.97. The molecule has 2 rings (SSSR count). The highest BCUT2D eigenvalue weighted by Crippen LogP contribution is 2.29. The summed E-state index contributed by atoms with van der Waals surface area (Å²) in [6, 6.07) is 7.61. The van der Waals surface area contributed by atoms with Crippen molar-refractivity contribution in [2.24, 2.45) is 0 Å². The van der Waals surface area contributed by atoms with Gasteiger partial charge in [0, 0.05) is 8.04 Å². The topological polar surface area (TPSA) is 50.9 Å². The minimum absolute atomic E-state index is 0.501. The van der Waals surface area contributed by atoms with Crippen molar-refractivity contribution in [1.29, 1.82) is 0 Å². The van der Waals surface area contributed by atoms with E-state index in [9.17, 15) is 0 Å². The summed E-state index contributed by atoms with van der Waals surface area (Å²) in [7, 11) is 0. The summed E-state index contributed by atoms with van der Waals surface area (Å²) in [6.45, 7) is 0. The average Bonchev–Trinajstić information content (AvgIpc) is 2.27. The summed E-state index contributed by atoms with van der Waals surface area (Å²) in [4.78, 5) is 4.16. The summed E-state index contributed by atoms with van der Waals surface area (Å²) in [5.41, 5.74) is 7.08. The van der Waals surface area contributed by atoms with Crippen LogP contribution in [-0.4, -0.2) is 4.98 Å². The smallest absolute Gasteiger partial charge is 0.149 e. The normalized spacial score (nSPS) is 10.3. The highest BCUT2D eigenvalue weighted by atomic mass is 127. The lowest BCUT2D eigenvalue weighted by molar-refractivity contribution is 1.31. The van der Waals surface area contributed by atoms with Gasteiger partial charge in [0.05, 0.1) is 22.6 Å². The summed E-state index contributed by atoms with van der Waals surface area (Å²) in [5, 5.41) is 3.67. The molecule has 0 spiro atoms. The van der Waals surface area contributed by atoms with E-state index in [1.54, 1.807) is 12.3 Å². The van der Waals surface area contributed by atoms with E-state index in [1.165, 1.54) is 0 Å². The van der Waals surface area contributed by atoms with Crippen LogP contribution in [-0.2, 0) is 0 Å². The van der Waals surface area contributed by atoms with Gasteiger partial charge < -0.3 is 11.1 Å². The van der Waals surface area contributed by atoms with Crippen molar-refractivity contribution in [2.75, 3.05) is 11.1 Å². The van der Waals surface area contributed by atoms with Crippen LogP contribution in [0.5, 0.6) is 0 Å². The van der Waals surface area contributed by atoms with Crippen molar-refractivity contribution in [2.45, 2.75) is 0 Å².